The summed E-state index contributed by atoms with van der Waals surface area (Å²) in [5, 5.41) is 1.88. The summed E-state index contributed by atoms with van der Waals surface area (Å²) in [5.74, 6) is -1.19. The van der Waals surface area contributed by atoms with E-state index in [2.05, 4.69) is 4.98 Å². The summed E-state index contributed by atoms with van der Waals surface area (Å²) in [4.78, 5) is 34.6. The minimum Gasteiger partial charge on any atom is -0.366 e. The maximum absolute atomic E-state index is 14.2. The number of benzene rings is 1. The summed E-state index contributed by atoms with van der Waals surface area (Å²) < 4.78 is 14.2. The second-order valence-electron chi connectivity index (χ2n) is 7.17. The number of imide groups is 1. The van der Waals surface area contributed by atoms with Crippen LogP contribution in [0.15, 0.2) is 72.0 Å². The zero-order valence-corrected chi connectivity index (χ0v) is 17.9. The Labute approximate surface area is 184 Å². The molecule has 2 amide bonds. The molecule has 158 valence electrons. The normalized spacial score (nSPS) is 13.9. The van der Waals surface area contributed by atoms with Gasteiger partial charge in [-0.1, -0.05) is 24.3 Å². The molecule has 3 aromatic rings. The third kappa shape index (κ3) is 4.27. The third-order valence-corrected chi connectivity index (χ3v) is 6.20. The molecule has 0 bridgehead atoms. The Morgan fingerprint density at radius 2 is 1.81 bits per heavy atom. The predicted octanol–water partition coefficient (Wildman–Crippen LogP) is 4.13. The van der Waals surface area contributed by atoms with Gasteiger partial charge in [-0.3, -0.25) is 19.5 Å². The van der Waals surface area contributed by atoms with E-state index >= 15 is 0 Å². The van der Waals surface area contributed by atoms with Crippen molar-refractivity contribution in [2.24, 2.45) is 0 Å². The van der Waals surface area contributed by atoms with Gasteiger partial charge in [0, 0.05) is 35.9 Å². The molecule has 0 N–H and O–H groups in total. The van der Waals surface area contributed by atoms with Gasteiger partial charge in [-0.05, 0) is 48.6 Å². The zero-order chi connectivity index (χ0) is 21.8. The minimum absolute atomic E-state index is 0.0926. The van der Waals surface area contributed by atoms with Crippen LogP contribution < -0.4 is 0 Å². The van der Waals surface area contributed by atoms with Crippen LogP contribution in [0.2, 0.25) is 0 Å². The van der Waals surface area contributed by atoms with Crippen LogP contribution in [0, 0.1) is 5.82 Å². The van der Waals surface area contributed by atoms with Crippen molar-refractivity contribution in [3.8, 4) is 0 Å². The number of amides is 2. The molecule has 0 saturated carbocycles. The second kappa shape index (κ2) is 9.22. The fourth-order valence-electron chi connectivity index (χ4n) is 3.68. The van der Waals surface area contributed by atoms with Crippen LogP contribution in [0.4, 0.5) is 4.39 Å². The summed E-state index contributed by atoms with van der Waals surface area (Å²) in [6.07, 6.45) is 4.19. The molecule has 0 fully saturated rings. The number of carbonyl (C=O) groups excluding carboxylic acids is 2. The van der Waals surface area contributed by atoms with E-state index in [1.54, 1.807) is 30.6 Å². The van der Waals surface area contributed by atoms with Gasteiger partial charge in [0.2, 0.25) is 0 Å². The fourth-order valence-corrected chi connectivity index (χ4v) is 4.44. The number of carbonyl (C=O) groups is 2. The maximum atomic E-state index is 14.2. The molecular weight excluding hydrogens is 413 g/mol. The SMILES string of the molecule is CCN(CCc1ccncc1)C1=C(c2cccs2)C(=O)N(Cc2ccccc2F)C1=O. The highest BCUT2D eigenvalue weighted by atomic mass is 32.1. The molecule has 1 aromatic carbocycles. The molecule has 1 aliphatic rings. The van der Waals surface area contributed by atoms with Crippen molar-refractivity contribution in [1.29, 1.82) is 0 Å². The number of aromatic nitrogens is 1. The van der Waals surface area contributed by atoms with Gasteiger partial charge >= 0.3 is 0 Å². The highest BCUT2D eigenvalue weighted by Gasteiger charge is 2.41. The van der Waals surface area contributed by atoms with Gasteiger partial charge < -0.3 is 4.90 Å². The van der Waals surface area contributed by atoms with Crippen molar-refractivity contribution in [1.82, 2.24) is 14.8 Å². The smallest absolute Gasteiger partial charge is 0.278 e. The lowest BCUT2D eigenvalue weighted by Crippen LogP contribution is -2.35. The summed E-state index contributed by atoms with van der Waals surface area (Å²) in [6.45, 7) is 3.02. The molecule has 2 aromatic heterocycles. The summed E-state index contributed by atoms with van der Waals surface area (Å²) in [5.41, 5.74) is 2.20. The van der Waals surface area contributed by atoms with E-state index in [0.717, 1.165) is 15.3 Å². The Hall–Kier alpha value is -3.32. The number of halogens is 1. The Morgan fingerprint density at radius 3 is 2.48 bits per heavy atom. The largest absolute Gasteiger partial charge is 0.366 e. The molecular formula is C24H22FN3O2S. The van der Waals surface area contributed by atoms with Crippen LogP contribution in [0.1, 0.15) is 22.9 Å². The van der Waals surface area contributed by atoms with Crippen molar-refractivity contribution in [2.45, 2.75) is 19.9 Å². The number of hydrogen-bond acceptors (Lipinski definition) is 5. The lowest BCUT2D eigenvalue weighted by atomic mass is 10.1. The van der Waals surface area contributed by atoms with Crippen LogP contribution >= 0.6 is 11.3 Å². The average molecular weight is 436 g/mol. The molecule has 1 aliphatic heterocycles. The van der Waals surface area contributed by atoms with Gasteiger partial charge in [0.05, 0.1) is 12.1 Å². The molecule has 7 heteroatoms. The predicted molar refractivity (Wildman–Crippen MR) is 118 cm³/mol. The first-order chi connectivity index (χ1) is 15.1. The van der Waals surface area contributed by atoms with E-state index < -0.39 is 5.82 Å². The van der Waals surface area contributed by atoms with Gasteiger partial charge in [-0.15, -0.1) is 11.3 Å². The summed E-state index contributed by atoms with van der Waals surface area (Å²) >= 11 is 1.42. The van der Waals surface area contributed by atoms with Gasteiger partial charge in [-0.2, -0.15) is 0 Å². The van der Waals surface area contributed by atoms with Crippen molar-refractivity contribution in [3.63, 3.8) is 0 Å². The van der Waals surface area contributed by atoms with Crippen LogP contribution in [0.25, 0.3) is 5.57 Å². The number of likely N-dealkylation sites (N-methyl/N-ethyl adjacent to an activating group) is 1. The lowest BCUT2D eigenvalue weighted by Gasteiger charge is -2.24. The van der Waals surface area contributed by atoms with Crippen molar-refractivity contribution in [3.05, 3.63) is 93.8 Å². The van der Waals surface area contributed by atoms with Gasteiger partial charge in [0.1, 0.15) is 11.5 Å². The minimum atomic E-state index is -0.431. The Morgan fingerprint density at radius 1 is 1.03 bits per heavy atom. The van der Waals surface area contributed by atoms with Crippen LogP contribution in [-0.2, 0) is 22.6 Å². The standard InChI is InChI=1S/C24H22FN3O2S/c1-2-27(14-11-17-9-12-26-13-10-17)22-21(20-8-5-15-31-20)23(29)28(24(22)30)16-18-6-3-4-7-19(18)25/h3-10,12-13,15H,2,11,14,16H2,1H3. The number of pyridine rings is 1. The number of hydrogen-bond donors (Lipinski definition) is 0. The number of thiophene rings is 1. The number of rotatable bonds is 8. The Balaban J connectivity index is 1.66. The monoisotopic (exact) mass is 435 g/mol. The van der Waals surface area contributed by atoms with E-state index in [-0.39, 0.29) is 18.4 Å². The molecule has 0 atom stereocenters. The van der Waals surface area contributed by atoms with Crippen molar-refractivity contribution in [2.75, 3.05) is 13.1 Å². The lowest BCUT2D eigenvalue weighted by molar-refractivity contribution is -0.138. The molecule has 0 unspecified atom stereocenters. The topological polar surface area (TPSA) is 53.5 Å². The molecule has 31 heavy (non-hydrogen) atoms. The zero-order valence-electron chi connectivity index (χ0n) is 17.1. The van der Waals surface area contributed by atoms with E-state index in [0.29, 0.717) is 36.3 Å². The average Bonchev–Trinajstić information content (AvgIpc) is 3.39. The van der Waals surface area contributed by atoms with E-state index in [1.807, 2.05) is 41.5 Å². The first kappa shape index (κ1) is 20.9. The molecule has 0 saturated heterocycles. The molecule has 5 nitrogen and oxygen atoms in total. The van der Waals surface area contributed by atoms with E-state index in [1.165, 1.54) is 17.4 Å². The first-order valence-electron chi connectivity index (χ1n) is 10.1. The molecule has 0 aliphatic carbocycles. The molecule has 0 radical (unpaired) electrons. The quantitative estimate of drug-likeness (QED) is 0.500. The first-order valence-corrected chi connectivity index (χ1v) is 11.0. The maximum Gasteiger partial charge on any atom is 0.278 e. The van der Waals surface area contributed by atoms with Crippen LogP contribution in [0.5, 0.6) is 0 Å². The Kier molecular flexibility index (Phi) is 6.23. The highest BCUT2D eigenvalue weighted by Crippen LogP contribution is 2.35. The fraction of sp³-hybridized carbons (Fsp3) is 0.208. The van der Waals surface area contributed by atoms with Gasteiger partial charge in [-0.25, -0.2) is 4.39 Å². The molecule has 0 spiro atoms. The number of nitrogens with zero attached hydrogens (tertiary/aromatic N) is 3. The summed E-state index contributed by atoms with van der Waals surface area (Å²) in [6, 6.07) is 13.8. The highest BCUT2D eigenvalue weighted by molar-refractivity contribution is 7.11. The van der Waals surface area contributed by atoms with Crippen molar-refractivity contribution >= 4 is 28.7 Å². The van der Waals surface area contributed by atoms with Gasteiger partial charge in [0.25, 0.3) is 11.8 Å². The van der Waals surface area contributed by atoms with Gasteiger partial charge in [0.15, 0.2) is 0 Å². The molecule has 4 rings (SSSR count). The molecule has 3 heterocycles. The second-order valence-corrected chi connectivity index (χ2v) is 8.12. The van der Waals surface area contributed by atoms with Crippen molar-refractivity contribution < 1.29 is 14.0 Å². The van der Waals surface area contributed by atoms with Crippen LogP contribution in [-0.4, -0.2) is 39.7 Å². The Bertz CT molecular complexity index is 1110. The third-order valence-electron chi connectivity index (χ3n) is 5.32. The van der Waals surface area contributed by atoms with Crippen LogP contribution in [0.3, 0.4) is 0 Å². The summed E-state index contributed by atoms with van der Waals surface area (Å²) in [7, 11) is 0. The van der Waals surface area contributed by atoms with E-state index in [9.17, 15) is 14.0 Å². The van der Waals surface area contributed by atoms with E-state index in [4.69, 9.17) is 0 Å².